The Labute approximate surface area is 101 Å². The molecule has 0 spiro atoms. The van der Waals surface area contributed by atoms with E-state index in [4.69, 9.17) is 5.11 Å². The predicted molar refractivity (Wildman–Crippen MR) is 67.9 cm³/mol. The molecule has 0 saturated heterocycles. The molecule has 0 bridgehead atoms. The monoisotopic (exact) mass is 228 g/mol. The van der Waals surface area contributed by atoms with E-state index in [9.17, 15) is 5.11 Å². The molecule has 2 nitrogen and oxygen atoms in total. The van der Waals surface area contributed by atoms with Gasteiger partial charge in [-0.15, -0.1) is 0 Å². The summed E-state index contributed by atoms with van der Waals surface area (Å²) < 4.78 is 0. The fraction of sp³-hybridized carbons (Fsp3) is 0.200. The van der Waals surface area contributed by atoms with Crippen LogP contribution < -0.4 is 0 Å². The summed E-state index contributed by atoms with van der Waals surface area (Å²) in [6.07, 6.45) is 1.85. The van der Waals surface area contributed by atoms with Crippen molar-refractivity contribution in [1.82, 2.24) is 0 Å². The molecule has 0 amide bonds. The van der Waals surface area contributed by atoms with E-state index in [1.165, 1.54) is 5.56 Å². The van der Waals surface area contributed by atoms with Crippen molar-refractivity contribution in [2.45, 2.75) is 19.4 Å². The third-order valence-electron chi connectivity index (χ3n) is 2.82. The van der Waals surface area contributed by atoms with Crippen LogP contribution in [0.25, 0.3) is 0 Å². The largest absolute Gasteiger partial charge is 0.508 e. The molecule has 2 heteroatoms. The summed E-state index contributed by atoms with van der Waals surface area (Å²) in [7, 11) is 0. The molecule has 0 aliphatic rings. The van der Waals surface area contributed by atoms with Crippen molar-refractivity contribution < 1.29 is 10.2 Å². The van der Waals surface area contributed by atoms with Crippen molar-refractivity contribution in [3.05, 3.63) is 65.2 Å². The van der Waals surface area contributed by atoms with E-state index in [0.717, 1.165) is 24.0 Å². The van der Waals surface area contributed by atoms with Crippen molar-refractivity contribution >= 4 is 0 Å². The molecule has 0 heterocycles. The molecule has 0 fully saturated rings. The molecule has 0 unspecified atom stereocenters. The van der Waals surface area contributed by atoms with Crippen LogP contribution in [-0.2, 0) is 19.4 Å². The van der Waals surface area contributed by atoms with Gasteiger partial charge in [0.15, 0.2) is 0 Å². The van der Waals surface area contributed by atoms with Crippen LogP contribution in [0.4, 0.5) is 0 Å². The average molecular weight is 228 g/mol. The van der Waals surface area contributed by atoms with E-state index in [1.54, 1.807) is 12.1 Å². The van der Waals surface area contributed by atoms with Crippen LogP contribution >= 0.6 is 0 Å². The van der Waals surface area contributed by atoms with Crippen molar-refractivity contribution in [2.24, 2.45) is 0 Å². The molecule has 88 valence electrons. The van der Waals surface area contributed by atoms with Crippen LogP contribution in [0.1, 0.15) is 16.7 Å². The van der Waals surface area contributed by atoms with E-state index in [2.05, 4.69) is 0 Å². The van der Waals surface area contributed by atoms with Gasteiger partial charge in [0.25, 0.3) is 0 Å². The normalized spacial score (nSPS) is 10.4. The van der Waals surface area contributed by atoms with Gasteiger partial charge in [0.05, 0.1) is 6.61 Å². The maximum Gasteiger partial charge on any atom is 0.115 e. The van der Waals surface area contributed by atoms with Gasteiger partial charge in [-0.2, -0.15) is 0 Å². The number of phenols is 1. The van der Waals surface area contributed by atoms with Crippen LogP contribution in [0.15, 0.2) is 48.5 Å². The van der Waals surface area contributed by atoms with Gasteiger partial charge in [0.2, 0.25) is 0 Å². The maximum atomic E-state index is 9.35. The molecule has 0 aliphatic carbocycles. The summed E-state index contributed by atoms with van der Waals surface area (Å²) in [5.74, 6) is 0.318. The van der Waals surface area contributed by atoms with Crippen molar-refractivity contribution in [2.75, 3.05) is 0 Å². The molecule has 2 aromatic carbocycles. The Balaban J connectivity index is 1.97. The van der Waals surface area contributed by atoms with Gasteiger partial charge in [-0.05, 0) is 41.7 Å². The van der Waals surface area contributed by atoms with Gasteiger partial charge >= 0.3 is 0 Å². The van der Waals surface area contributed by atoms with Crippen LogP contribution in [0.5, 0.6) is 5.75 Å². The van der Waals surface area contributed by atoms with Crippen LogP contribution in [0.2, 0.25) is 0 Å². The number of benzene rings is 2. The van der Waals surface area contributed by atoms with Gasteiger partial charge in [0.1, 0.15) is 5.75 Å². The number of hydrogen-bond donors (Lipinski definition) is 2. The SMILES string of the molecule is OCc1ccc(CCc2cccc(O)c2)cc1. The Hall–Kier alpha value is -1.80. The third kappa shape index (κ3) is 3.33. The number of aryl methyl sites for hydroxylation is 2. The first-order valence-corrected chi connectivity index (χ1v) is 5.74. The van der Waals surface area contributed by atoms with Gasteiger partial charge in [-0.1, -0.05) is 36.4 Å². The van der Waals surface area contributed by atoms with Gasteiger partial charge in [-0.3, -0.25) is 0 Å². The summed E-state index contributed by atoms with van der Waals surface area (Å²) >= 11 is 0. The van der Waals surface area contributed by atoms with Gasteiger partial charge in [-0.25, -0.2) is 0 Å². The Kier molecular flexibility index (Phi) is 3.78. The lowest BCUT2D eigenvalue weighted by atomic mass is 10.0. The second kappa shape index (κ2) is 5.51. The molecule has 0 aromatic heterocycles. The highest BCUT2D eigenvalue weighted by atomic mass is 16.3. The highest BCUT2D eigenvalue weighted by Crippen LogP contribution is 2.14. The molecule has 0 aliphatic heterocycles. The van der Waals surface area contributed by atoms with Crippen molar-refractivity contribution in [3.8, 4) is 5.75 Å². The van der Waals surface area contributed by atoms with Crippen molar-refractivity contribution in [1.29, 1.82) is 0 Å². The highest BCUT2D eigenvalue weighted by Gasteiger charge is 1.97. The lowest BCUT2D eigenvalue weighted by molar-refractivity contribution is 0.282. The minimum Gasteiger partial charge on any atom is -0.508 e. The minimum atomic E-state index is 0.0901. The molecule has 0 saturated carbocycles. The van der Waals surface area contributed by atoms with Gasteiger partial charge in [0, 0.05) is 0 Å². The summed E-state index contributed by atoms with van der Waals surface area (Å²) in [5, 5.41) is 18.3. The average Bonchev–Trinajstić information content (AvgIpc) is 2.37. The number of aliphatic hydroxyl groups excluding tert-OH is 1. The van der Waals surface area contributed by atoms with Crippen LogP contribution in [0.3, 0.4) is 0 Å². The first-order chi connectivity index (χ1) is 8.28. The molecular weight excluding hydrogens is 212 g/mol. The first kappa shape index (κ1) is 11.7. The second-order valence-corrected chi connectivity index (χ2v) is 4.14. The zero-order valence-corrected chi connectivity index (χ0v) is 9.63. The second-order valence-electron chi connectivity index (χ2n) is 4.14. The van der Waals surface area contributed by atoms with E-state index >= 15 is 0 Å². The lowest BCUT2D eigenvalue weighted by Gasteiger charge is -2.04. The molecule has 0 atom stereocenters. The summed E-state index contributed by atoms with van der Waals surface area (Å²) in [6, 6.07) is 15.3. The standard InChI is InChI=1S/C15H16O2/c16-11-14-8-5-12(6-9-14)4-7-13-2-1-3-15(17)10-13/h1-3,5-6,8-10,16-17H,4,7,11H2. The molecule has 0 radical (unpaired) electrons. The van der Waals surface area contributed by atoms with Crippen LogP contribution in [0, 0.1) is 0 Å². The molecule has 2 rings (SSSR count). The van der Waals surface area contributed by atoms with E-state index < -0.39 is 0 Å². The topological polar surface area (TPSA) is 40.5 Å². The van der Waals surface area contributed by atoms with E-state index in [-0.39, 0.29) is 6.61 Å². The highest BCUT2D eigenvalue weighted by molar-refractivity contribution is 5.29. The van der Waals surface area contributed by atoms with Gasteiger partial charge < -0.3 is 10.2 Å². The Morgan fingerprint density at radius 1 is 0.765 bits per heavy atom. The quantitative estimate of drug-likeness (QED) is 0.844. The fourth-order valence-electron chi connectivity index (χ4n) is 1.81. The fourth-order valence-corrected chi connectivity index (χ4v) is 1.81. The number of aromatic hydroxyl groups is 1. The number of phenolic OH excluding ortho intramolecular Hbond substituents is 1. The summed E-state index contributed by atoms with van der Waals surface area (Å²) in [4.78, 5) is 0. The molecule has 2 aromatic rings. The lowest BCUT2D eigenvalue weighted by Crippen LogP contribution is -1.92. The molecule has 2 N–H and O–H groups in total. The van der Waals surface area contributed by atoms with E-state index in [0.29, 0.717) is 5.75 Å². The molecular formula is C15H16O2. The number of hydrogen-bond acceptors (Lipinski definition) is 2. The maximum absolute atomic E-state index is 9.35. The smallest absolute Gasteiger partial charge is 0.115 e. The zero-order chi connectivity index (χ0) is 12.1. The Bertz CT molecular complexity index is 475. The van der Waals surface area contributed by atoms with Crippen LogP contribution in [-0.4, -0.2) is 10.2 Å². The third-order valence-corrected chi connectivity index (χ3v) is 2.82. The zero-order valence-electron chi connectivity index (χ0n) is 9.63. The summed E-state index contributed by atoms with van der Waals surface area (Å²) in [5.41, 5.74) is 3.31. The minimum absolute atomic E-state index is 0.0901. The number of rotatable bonds is 4. The Morgan fingerprint density at radius 2 is 1.41 bits per heavy atom. The first-order valence-electron chi connectivity index (χ1n) is 5.74. The molecule has 17 heavy (non-hydrogen) atoms. The predicted octanol–water partition coefficient (Wildman–Crippen LogP) is 2.67. The summed E-state index contributed by atoms with van der Waals surface area (Å²) in [6.45, 7) is 0.0901. The van der Waals surface area contributed by atoms with Crippen molar-refractivity contribution in [3.63, 3.8) is 0 Å². The number of aliphatic hydroxyl groups is 1. The van der Waals surface area contributed by atoms with E-state index in [1.807, 2.05) is 36.4 Å². The Morgan fingerprint density at radius 3 is 2.06 bits per heavy atom.